The SMILES string of the molecule is c1ccc(-c2cc(-c3ccccc3)nc(-n3c4ccc5ccccc5c4c4cccc(-c5ccc6sc7ccccc7c6c5)c43)n2)cc1. The van der Waals surface area contributed by atoms with Gasteiger partial charge in [-0.05, 0) is 46.7 Å². The van der Waals surface area contributed by atoms with Crippen molar-refractivity contribution in [3.05, 3.63) is 164 Å². The van der Waals surface area contributed by atoms with E-state index in [9.17, 15) is 0 Å². The summed E-state index contributed by atoms with van der Waals surface area (Å²) in [5.41, 5.74) is 8.40. The highest BCUT2D eigenvalue weighted by atomic mass is 32.1. The van der Waals surface area contributed by atoms with E-state index in [-0.39, 0.29) is 0 Å². The van der Waals surface area contributed by atoms with Gasteiger partial charge < -0.3 is 0 Å². The number of hydrogen-bond acceptors (Lipinski definition) is 3. The second kappa shape index (κ2) is 10.7. The molecule has 10 rings (SSSR count). The Bertz CT molecular complexity index is 2770. The number of benzene rings is 7. The van der Waals surface area contributed by atoms with E-state index in [0.29, 0.717) is 5.95 Å². The predicted molar refractivity (Wildman–Crippen MR) is 203 cm³/mol. The minimum Gasteiger partial charge on any atom is -0.277 e. The van der Waals surface area contributed by atoms with Crippen LogP contribution in [0.1, 0.15) is 0 Å². The van der Waals surface area contributed by atoms with Gasteiger partial charge >= 0.3 is 0 Å². The zero-order chi connectivity index (χ0) is 31.6. The highest BCUT2D eigenvalue weighted by Gasteiger charge is 2.21. The van der Waals surface area contributed by atoms with Crippen LogP contribution in [0.25, 0.3) is 92.3 Å². The fourth-order valence-corrected chi connectivity index (χ4v) is 8.30. The van der Waals surface area contributed by atoms with Gasteiger partial charge in [0, 0.05) is 47.6 Å². The molecule has 0 bridgehead atoms. The zero-order valence-corrected chi connectivity index (χ0v) is 26.7. The molecule has 0 fully saturated rings. The van der Waals surface area contributed by atoms with Crippen molar-refractivity contribution in [1.82, 2.24) is 14.5 Å². The van der Waals surface area contributed by atoms with Crippen LogP contribution in [-0.2, 0) is 0 Å². The summed E-state index contributed by atoms with van der Waals surface area (Å²) in [7, 11) is 0. The number of nitrogens with zero attached hydrogens (tertiary/aromatic N) is 3. The fourth-order valence-electron chi connectivity index (χ4n) is 7.22. The quantitative estimate of drug-likeness (QED) is 0.194. The van der Waals surface area contributed by atoms with Crippen molar-refractivity contribution in [2.24, 2.45) is 0 Å². The summed E-state index contributed by atoms with van der Waals surface area (Å²) in [6.45, 7) is 0. The topological polar surface area (TPSA) is 30.7 Å². The average Bonchev–Trinajstić information content (AvgIpc) is 3.71. The van der Waals surface area contributed by atoms with Crippen LogP contribution in [0, 0.1) is 0 Å². The molecular weight excluding hydrogens is 603 g/mol. The van der Waals surface area contributed by atoms with Crippen molar-refractivity contribution < 1.29 is 0 Å². The van der Waals surface area contributed by atoms with Crippen LogP contribution in [-0.4, -0.2) is 14.5 Å². The lowest BCUT2D eigenvalue weighted by Crippen LogP contribution is -2.04. The Morgan fingerprint density at radius 2 is 1.08 bits per heavy atom. The lowest BCUT2D eigenvalue weighted by atomic mass is 9.98. The molecule has 0 atom stereocenters. The molecule has 3 nitrogen and oxygen atoms in total. The minimum absolute atomic E-state index is 0.653. The summed E-state index contributed by atoms with van der Waals surface area (Å²) in [4.78, 5) is 10.6. The molecule has 0 aliphatic heterocycles. The van der Waals surface area contributed by atoms with E-state index in [0.717, 1.165) is 39.1 Å². The first-order valence-electron chi connectivity index (χ1n) is 16.2. The molecule has 0 spiro atoms. The summed E-state index contributed by atoms with van der Waals surface area (Å²) in [6, 6.07) is 58.3. The molecule has 7 aromatic carbocycles. The van der Waals surface area contributed by atoms with E-state index >= 15 is 0 Å². The van der Waals surface area contributed by atoms with Crippen LogP contribution in [0.3, 0.4) is 0 Å². The summed E-state index contributed by atoms with van der Waals surface area (Å²) >= 11 is 1.85. The van der Waals surface area contributed by atoms with E-state index < -0.39 is 0 Å². The Morgan fingerprint density at radius 1 is 0.438 bits per heavy atom. The molecule has 10 aromatic rings. The molecule has 48 heavy (non-hydrogen) atoms. The third-order valence-corrected chi connectivity index (χ3v) is 10.6. The highest BCUT2D eigenvalue weighted by Crippen LogP contribution is 2.43. The molecule has 4 heteroatoms. The van der Waals surface area contributed by atoms with Gasteiger partial charge in [-0.15, -0.1) is 11.3 Å². The van der Waals surface area contributed by atoms with Crippen molar-refractivity contribution in [1.29, 1.82) is 0 Å². The Labute approximate surface area is 281 Å². The van der Waals surface area contributed by atoms with Gasteiger partial charge in [0.25, 0.3) is 0 Å². The van der Waals surface area contributed by atoms with Crippen LogP contribution < -0.4 is 0 Å². The van der Waals surface area contributed by atoms with Gasteiger partial charge in [0.15, 0.2) is 0 Å². The van der Waals surface area contributed by atoms with Gasteiger partial charge in [0.05, 0.1) is 22.4 Å². The molecule has 0 N–H and O–H groups in total. The summed E-state index contributed by atoms with van der Waals surface area (Å²) in [6.07, 6.45) is 0. The van der Waals surface area contributed by atoms with Gasteiger partial charge in [-0.1, -0.05) is 133 Å². The summed E-state index contributed by atoms with van der Waals surface area (Å²) in [5.74, 6) is 0.653. The Kier molecular flexibility index (Phi) is 6.05. The zero-order valence-electron chi connectivity index (χ0n) is 25.8. The van der Waals surface area contributed by atoms with E-state index in [1.807, 2.05) is 23.5 Å². The fraction of sp³-hybridized carbons (Fsp3) is 0. The lowest BCUT2D eigenvalue weighted by Gasteiger charge is -2.14. The number of aromatic nitrogens is 3. The molecule has 0 unspecified atom stereocenters. The molecule has 3 aromatic heterocycles. The van der Waals surface area contributed by atoms with Gasteiger partial charge in [-0.25, -0.2) is 9.97 Å². The smallest absolute Gasteiger partial charge is 0.235 e. The first-order valence-corrected chi connectivity index (χ1v) is 17.0. The molecule has 0 amide bonds. The Balaban J connectivity index is 1.34. The third kappa shape index (κ3) is 4.20. The Morgan fingerprint density at radius 3 is 1.85 bits per heavy atom. The van der Waals surface area contributed by atoms with Crippen molar-refractivity contribution in [2.75, 3.05) is 0 Å². The molecule has 0 saturated carbocycles. The maximum atomic E-state index is 5.32. The molecule has 0 radical (unpaired) electrons. The highest BCUT2D eigenvalue weighted by molar-refractivity contribution is 7.25. The first-order chi connectivity index (χ1) is 23.8. The van der Waals surface area contributed by atoms with E-state index in [2.05, 4.69) is 156 Å². The third-order valence-electron chi connectivity index (χ3n) is 9.42. The Hall–Kier alpha value is -6.10. The number of hydrogen-bond donors (Lipinski definition) is 0. The normalized spacial score (nSPS) is 11.8. The largest absolute Gasteiger partial charge is 0.277 e. The van der Waals surface area contributed by atoms with Gasteiger partial charge in [0.2, 0.25) is 5.95 Å². The van der Waals surface area contributed by atoms with Crippen LogP contribution in [0.15, 0.2) is 164 Å². The van der Waals surface area contributed by atoms with Crippen molar-refractivity contribution in [3.8, 4) is 39.6 Å². The second-order valence-corrected chi connectivity index (χ2v) is 13.3. The van der Waals surface area contributed by atoms with Gasteiger partial charge in [-0.2, -0.15) is 0 Å². The molecule has 0 aliphatic rings. The van der Waals surface area contributed by atoms with Crippen molar-refractivity contribution >= 4 is 64.1 Å². The maximum Gasteiger partial charge on any atom is 0.235 e. The van der Waals surface area contributed by atoms with Crippen LogP contribution >= 0.6 is 11.3 Å². The molecule has 0 aliphatic carbocycles. The molecule has 224 valence electrons. The van der Waals surface area contributed by atoms with Gasteiger partial charge in [0.1, 0.15) is 0 Å². The molecular formula is C44H27N3S. The molecule has 3 heterocycles. The van der Waals surface area contributed by atoms with E-state index in [1.54, 1.807) is 0 Å². The van der Waals surface area contributed by atoms with Crippen LogP contribution in [0.2, 0.25) is 0 Å². The second-order valence-electron chi connectivity index (χ2n) is 12.2. The summed E-state index contributed by atoms with van der Waals surface area (Å²) < 4.78 is 4.90. The summed E-state index contributed by atoms with van der Waals surface area (Å²) in [5, 5.41) is 7.41. The monoisotopic (exact) mass is 629 g/mol. The number of fused-ring (bicyclic) bond motifs is 8. The van der Waals surface area contributed by atoms with Crippen LogP contribution in [0.4, 0.5) is 0 Å². The van der Waals surface area contributed by atoms with E-state index in [1.165, 1.54) is 47.3 Å². The van der Waals surface area contributed by atoms with Crippen LogP contribution in [0.5, 0.6) is 0 Å². The number of thiophene rings is 1. The van der Waals surface area contributed by atoms with Crippen molar-refractivity contribution in [2.45, 2.75) is 0 Å². The minimum atomic E-state index is 0.653. The standard InChI is InChI=1S/C44H27N3S/c1-3-13-29(14-4-1)37-27-38(30-15-5-2-6-16-30)46-44(45-37)47-39-24-22-28-12-7-8-17-32(28)42(39)35-20-11-19-33(43(35)47)31-23-25-41-36(26-31)34-18-9-10-21-40(34)48-41/h1-27H. The first kappa shape index (κ1) is 27.1. The maximum absolute atomic E-state index is 5.32. The predicted octanol–water partition coefficient (Wildman–Crippen LogP) is 12.1. The lowest BCUT2D eigenvalue weighted by molar-refractivity contribution is 0.996. The molecule has 0 saturated heterocycles. The number of para-hydroxylation sites is 1. The van der Waals surface area contributed by atoms with Gasteiger partial charge in [-0.3, -0.25) is 4.57 Å². The average molecular weight is 630 g/mol. The number of rotatable bonds is 4. The van der Waals surface area contributed by atoms with E-state index in [4.69, 9.17) is 9.97 Å². The van der Waals surface area contributed by atoms with Crippen molar-refractivity contribution in [3.63, 3.8) is 0 Å².